The van der Waals surface area contributed by atoms with Gasteiger partial charge in [0.1, 0.15) is 5.75 Å². The van der Waals surface area contributed by atoms with Crippen LogP contribution in [-0.4, -0.2) is 29.0 Å². The molecule has 3 rings (SSSR count). The van der Waals surface area contributed by atoms with Gasteiger partial charge < -0.3 is 9.63 Å². The number of hydrogen-bond acceptors (Lipinski definition) is 3. The van der Waals surface area contributed by atoms with E-state index >= 15 is 0 Å². The molecule has 1 N–H and O–H groups in total. The Morgan fingerprint density at radius 1 is 1.40 bits per heavy atom. The highest BCUT2D eigenvalue weighted by molar-refractivity contribution is 7.65. The van der Waals surface area contributed by atoms with E-state index in [1.165, 1.54) is 0 Å². The molecule has 0 unspecified atom stereocenters. The largest absolute Gasteiger partial charge is 0.507 e. The second kappa shape index (κ2) is 4.59. The first kappa shape index (κ1) is 14.1. The summed E-state index contributed by atoms with van der Waals surface area (Å²) < 4.78 is 20.7. The summed E-state index contributed by atoms with van der Waals surface area (Å²) in [5.74, 6) is 0.0910. The fourth-order valence-corrected chi connectivity index (χ4v) is 5.61. The number of rotatable bonds is 1. The van der Waals surface area contributed by atoms with E-state index in [-0.39, 0.29) is 17.2 Å². The Labute approximate surface area is 120 Å². The number of nitrogens with zero attached hydrogens (tertiary/aromatic N) is 1. The third-order valence-corrected chi connectivity index (χ3v) is 6.96. The second-order valence-electron chi connectivity index (χ2n) is 6.73. The smallest absolute Gasteiger partial charge is 0.306 e. The Balaban J connectivity index is 2.01. The highest BCUT2D eigenvalue weighted by Gasteiger charge is 2.48. The van der Waals surface area contributed by atoms with Gasteiger partial charge in [0.2, 0.25) is 0 Å². The van der Waals surface area contributed by atoms with Crippen molar-refractivity contribution in [3.8, 4) is 5.75 Å². The van der Waals surface area contributed by atoms with Gasteiger partial charge in [-0.25, -0.2) is 4.67 Å². The van der Waals surface area contributed by atoms with Gasteiger partial charge in [-0.3, -0.25) is 4.57 Å². The Morgan fingerprint density at radius 2 is 2.15 bits per heavy atom. The zero-order valence-corrected chi connectivity index (χ0v) is 13.2. The number of phenols is 1. The normalized spacial score (nSPS) is 30.6. The average molecular weight is 295 g/mol. The van der Waals surface area contributed by atoms with Gasteiger partial charge in [0.25, 0.3) is 0 Å². The van der Waals surface area contributed by atoms with Crippen molar-refractivity contribution in [2.75, 3.05) is 13.2 Å². The summed E-state index contributed by atoms with van der Waals surface area (Å²) in [5, 5.41) is 10.8. The zero-order chi connectivity index (χ0) is 14.5. The molecule has 1 aromatic carbocycles. The Hall–Kier alpha value is -0.830. The van der Waals surface area contributed by atoms with Crippen LogP contribution in [-0.2, 0) is 14.5 Å². The maximum atomic E-state index is 13.2. The molecule has 1 aromatic rings. The van der Waals surface area contributed by atoms with E-state index in [1.54, 1.807) is 12.1 Å². The summed E-state index contributed by atoms with van der Waals surface area (Å²) >= 11 is 0. The molecule has 2 aliphatic rings. The Bertz CT molecular complexity index is 579. The lowest BCUT2D eigenvalue weighted by molar-refractivity contribution is 0.330. The molecule has 0 bridgehead atoms. The van der Waals surface area contributed by atoms with Crippen LogP contribution in [0.3, 0.4) is 0 Å². The highest BCUT2D eigenvalue weighted by Crippen LogP contribution is 2.59. The molecule has 2 heterocycles. The van der Waals surface area contributed by atoms with Crippen LogP contribution in [0.1, 0.15) is 39.2 Å². The van der Waals surface area contributed by atoms with Crippen molar-refractivity contribution < 1.29 is 14.2 Å². The molecule has 20 heavy (non-hydrogen) atoms. The molecular weight excluding hydrogens is 273 g/mol. The summed E-state index contributed by atoms with van der Waals surface area (Å²) in [5.41, 5.74) is 0.986. The van der Waals surface area contributed by atoms with Crippen LogP contribution in [0.2, 0.25) is 0 Å². The molecule has 0 saturated carbocycles. The van der Waals surface area contributed by atoms with Gasteiger partial charge in [0, 0.05) is 12.6 Å². The zero-order valence-electron chi connectivity index (χ0n) is 12.3. The third kappa shape index (κ3) is 2.11. The Morgan fingerprint density at radius 3 is 2.80 bits per heavy atom. The minimum Gasteiger partial charge on any atom is -0.507 e. The van der Waals surface area contributed by atoms with Gasteiger partial charge in [0.15, 0.2) is 0 Å². The SMILES string of the molecule is CC(C)(C)c1ccc([P@@]2(=O)OC[C@@H]3CCCN32)c(O)c1. The van der Waals surface area contributed by atoms with E-state index in [0.29, 0.717) is 11.9 Å². The van der Waals surface area contributed by atoms with Gasteiger partial charge in [0.05, 0.1) is 11.9 Å². The fourth-order valence-electron chi connectivity index (χ4n) is 3.03. The molecule has 110 valence electrons. The molecule has 0 amide bonds. The number of hydrogen-bond donors (Lipinski definition) is 1. The van der Waals surface area contributed by atoms with E-state index in [1.807, 2.05) is 10.7 Å². The fraction of sp³-hybridized carbons (Fsp3) is 0.600. The first-order valence-corrected chi connectivity index (χ1v) is 8.76. The third-order valence-electron chi connectivity index (χ3n) is 4.27. The predicted molar refractivity (Wildman–Crippen MR) is 79.7 cm³/mol. The molecule has 2 atom stereocenters. The van der Waals surface area contributed by atoms with Crippen LogP contribution in [0.25, 0.3) is 0 Å². The minimum atomic E-state index is -3.05. The lowest BCUT2D eigenvalue weighted by atomic mass is 9.87. The van der Waals surface area contributed by atoms with Gasteiger partial charge in [-0.2, -0.15) is 0 Å². The molecular formula is C15H22NO3P. The van der Waals surface area contributed by atoms with Crippen molar-refractivity contribution in [3.05, 3.63) is 23.8 Å². The van der Waals surface area contributed by atoms with E-state index in [0.717, 1.165) is 24.9 Å². The quantitative estimate of drug-likeness (QED) is 0.809. The van der Waals surface area contributed by atoms with Crippen LogP contribution >= 0.6 is 7.52 Å². The van der Waals surface area contributed by atoms with Crippen molar-refractivity contribution in [1.82, 2.24) is 4.67 Å². The molecule has 0 aliphatic carbocycles. The van der Waals surface area contributed by atoms with Gasteiger partial charge in [-0.15, -0.1) is 0 Å². The van der Waals surface area contributed by atoms with Crippen LogP contribution in [0, 0.1) is 0 Å². The van der Waals surface area contributed by atoms with Crippen LogP contribution in [0.4, 0.5) is 0 Å². The van der Waals surface area contributed by atoms with Crippen molar-refractivity contribution >= 4 is 12.8 Å². The van der Waals surface area contributed by atoms with Gasteiger partial charge >= 0.3 is 7.52 Å². The first-order valence-electron chi connectivity index (χ1n) is 7.18. The van der Waals surface area contributed by atoms with Crippen molar-refractivity contribution in [3.63, 3.8) is 0 Å². The summed E-state index contributed by atoms with van der Waals surface area (Å²) in [6.45, 7) is 7.57. The van der Waals surface area contributed by atoms with E-state index < -0.39 is 7.52 Å². The Kier molecular flexibility index (Phi) is 3.24. The summed E-state index contributed by atoms with van der Waals surface area (Å²) in [7, 11) is -3.05. The van der Waals surface area contributed by atoms with Crippen LogP contribution in [0.15, 0.2) is 18.2 Å². The summed E-state index contributed by atoms with van der Waals surface area (Å²) in [4.78, 5) is 0. The second-order valence-corrected chi connectivity index (χ2v) is 9.02. The number of phenolic OH excluding ortho intramolecular Hbond substituents is 1. The first-order chi connectivity index (χ1) is 9.32. The van der Waals surface area contributed by atoms with E-state index in [4.69, 9.17) is 4.52 Å². The standard InChI is InChI=1S/C15H22NO3P/c1-15(2,3)11-6-7-14(13(17)9-11)20(18)16-8-4-5-12(16)10-19-20/h6-7,9,12,17H,4-5,8,10H2,1-3H3/t12-,20+/m0/s1. The average Bonchev–Trinajstić information content (AvgIpc) is 2.93. The highest BCUT2D eigenvalue weighted by atomic mass is 31.2. The topological polar surface area (TPSA) is 49.8 Å². The van der Waals surface area contributed by atoms with Crippen molar-refractivity contribution in [2.45, 2.75) is 45.1 Å². The monoisotopic (exact) mass is 295 g/mol. The van der Waals surface area contributed by atoms with Crippen molar-refractivity contribution in [1.29, 1.82) is 0 Å². The molecule has 0 spiro atoms. The molecule has 2 aliphatic heterocycles. The number of benzene rings is 1. The van der Waals surface area contributed by atoms with Gasteiger partial charge in [-0.05, 0) is 36.0 Å². The molecule has 4 nitrogen and oxygen atoms in total. The lowest BCUT2D eigenvalue weighted by Crippen LogP contribution is -2.25. The van der Waals surface area contributed by atoms with Crippen LogP contribution in [0.5, 0.6) is 5.75 Å². The maximum Gasteiger partial charge on any atom is 0.306 e. The minimum absolute atomic E-state index is 0.0444. The van der Waals surface area contributed by atoms with E-state index in [9.17, 15) is 9.67 Å². The van der Waals surface area contributed by atoms with Crippen molar-refractivity contribution in [2.24, 2.45) is 0 Å². The molecule has 2 fully saturated rings. The predicted octanol–water partition coefficient (Wildman–Crippen LogP) is 3.00. The van der Waals surface area contributed by atoms with E-state index in [2.05, 4.69) is 20.8 Å². The maximum absolute atomic E-state index is 13.2. The molecule has 0 radical (unpaired) electrons. The molecule has 0 aromatic heterocycles. The molecule has 5 heteroatoms. The summed E-state index contributed by atoms with van der Waals surface area (Å²) in [6, 6.07) is 5.70. The summed E-state index contributed by atoms with van der Waals surface area (Å²) in [6.07, 6.45) is 2.09. The molecule has 2 saturated heterocycles. The number of aromatic hydroxyl groups is 1. The van der Waals surface area contributed by atoms with Crippen LogP contribution < -0.4 is 5.30 Å². The van der Waals surface area contributed by atoms with Gasteiger partial charge in [-0.1, -0.05) is 26.8 Å². The number of fused-ring (bicyclic) bond motifs is 1. The lowest BCUT2D eigenvalue weighted by Gasteiger charge is -2.24.